The molecule has 4 heteroatoms. The van der Waals surface area contributed by atoms with Gasteiger partial charge in [-0.3, -0.25) is 0 Å². The van der Waals surface area contributed by atoms with Crippen molar-refractivity contribution in [3.8, 4) is 0 Å². The summed E-state index contributed by atoms with van der Waals surface area (Å²) in [6, 6.07) is 0.506. The number of rotatable bonds is 2. The highest BCUT2D eigenvalue weighted by atomic mass is 32.1. The van der Waals surface area contributed by atoms with Gasteiger partial charge in [-0.15, -0.1) is 0 Å². The van der Waals surface area contributed by atoms with Gasteiger partial charge in [0.05, 0.1) is 6.34 Å². The Labute approximate surface area is 96.3 Å². The summed E-state index contributed by atoms with van der Waals surface area (Å²) in [5.74, 6) is 1.44. The molecule has 15 heavy (non-hydrogen) atoms. The van der Waals surface area contributed by atoms with E-state index in [-0.39, 0.29) is 0 Å². The minimum absolute atomic E-state index is 0.506. The molecule has 0 heterocycles. The van der Waals surface area contributed by atoms with Gasteiger partial charge in [-0.05, 0) is 36.9 Å². The Kier molecular flexibility index (Phi) is 3.05. The predicted octanol–water partition coefficient (Wildman–Crippen LogP) is 1.42. The number of aliphatic imine (C=N–C) groups is 1. The molecule has 2 aliphatic rings. The highest BCUT2D eigenvalue weighted by Gasteiger charge is 2.35. The monoisotopic (exact) mass is 223 g/mol. The third-order valence-electron chi connectivity index (χ3n) is 2.99. The Morgan fingerprint density at radius 2 is 2.27 bits per heavy atom. The van der Waals surface area contributed by atoms with Gasteiger partial charge in [0.25, 0.3) is 0 Å². The first-order valence-electron chi connectivity index (χ1n) is 5.34. The Hall–Kier alpha value is -0.900. The van der Waals surface area contributed by atoms with Crippen molar-refractivity contribution in [2.45, 2.75) is 18.9 Å². The van der Waals surface area contributed by atoms with Crippen LogP contribution in [0.4, 0.5) is 0 Å². The maximum absolute atomic E-state index is 5.16. The number of hydrogen-bond acceptors (Lipinski definition) is 1. The number of fused-ring (bicyclic) bond motifs is 2. The van der Waals surface area contributed by atoms with Gasteiger partial charge in [0.15, 0.2) is 5.11 Å². The molecule has 82 valence electrons. The summed E-state index contributed by atoms with van der Waals surface area (Å²) >= 11 is 5.16. The second kappa shape index (κ2) is 4.31. The highest BCUT2D eigenvalue weighted by Crippen LogP contribution is 2.38. The van der Waals surface area contributed by atoms with Gasteiger partial charge in [0, 0.05) is 20.1 Å². The zero-order valence-corrected chi connectivity index (χ0v) is 10.00. The Morgan fingerprint density at radius 3 is 2.80 bits per heavy atom. The van der Waals surface area contributed by atoms with Crippen LogP contribution < -0.4 is 5.32 Å². The van der Waals surface area contributed by atoms with Crippen molar-refractivity contribution >= 4 is 23.7 Å². The minimum atomic E-state index is 0.506. The van der Waals surface area contributed by atoms with Crippen LogP contribution in [0.25, 0.3) is 0 Å². The average molecular weight is 223 g/mol. The van der Waals surface area contributed by atoms with E-state index in [0.29, 0.717) is 17.1 Å². The molecule has 0 aromatic carbocycles. The summed E-state index contributed by atoms with van der Waals surface area (Å²) < 4.78 is 0. The first kappa shape index (κ1) is 10.6. The SMILES string of the molecule is CN(C)C=NC(=S)N[C@@H]1C[C@@H]2C=C[C@@H]1C2. The standard InChI is InChI=1S/C11H17N3S/c1-14(2)7-12-11(15)13-10-6-8-3-4-9(10)5-8/h3-4,7-10H,5-6H2,1-2H3,(H,13,15)/t8-,9-,10-/m1/s1. The summed E-state index contributed by atoms with van der Waals surface area (Å²) in [5, 5.41) is 3.93. The predicted molar refractivity (Wildman–Crippen MR) is 67.1 cm³/mol. The average Bonchev–Trinajstić information content (AvgIpc) is 2.76. The van der Waals surface area contributed by atoms with Gasteiger partial charge >= 0.3 is 0 Å². The summed E-state index contributed by atoms with van der Waals surface area (Å²) in [6.45, 7) is 0. The fraction of sp³-hybridized carbons (Fsp3) is 0.636. The molecular formula is C11H17N3S. The topological polar surface area (TPSA) is 27.6 Å². The van der Waals surface area contributed by atoms with Gasteiger partial charge in [-0.1, -0.05) is 12.2 Å². The quantitative estimate of drug-likeness (QED) is 0.332. The molecule has 0 saturated heterocycles. The summed E-state index contributed by atoms with van der Waals surface area (Å²) in [4.78, 5) is 6.05. The Balaban J connectivity index is 1.83. The van der Waals surface area contributed by atoms with Crippen molar-refractivity contribution in [1.29, 1.82) is 0 Å². The maximum Gasteiger partial charge on any atom is 0.194 e. The van der Waals surface area contributed by atoms with E-state index in [2.05, 4.69) is 22.5 Å². The summed E-state index contributed by atoms with van der Waals surface area (Å²) in [6.07, 6.45) is 8.87. The minimum Gasteiger partial charge on any atom is -0.369 e. The van der Waals surface area contributed by atoms with Crippen molar-refractivity contribution in [2.24, 2.45) is 16.8 Å². The lowest BCUT2D eigenvalue weighted by atomic mass is 10.0. The largest absolute Gasteiger partial charge is 0.369 e. The third-order valence-corrected chi connectivity index (χ3v) is 3.22. The van der Waals surface area contributed by atoms with Gasteiger partial charge in [0.2, 0.25) is 0 Å². The van der Waals surface area contributed by atoms with Gasteiger partial charge in [-0.25, -0.2) is 4.99 Å². The molecule has 0 amide bonds. The lowest BCUT2D eigenvalue weighted by molar-refractivity contribution is 0.525. The summed E-state index contributed by atoms with van der Waals surface area (Å²) in [5.41, 5.74) is 0. The van der Waals surface area contributed by atoms with Crippen molar-refractivity contribution in [3.05, 3.63) is 12.2 Å². The van der Waals surface area contributed by atoms with Crippen LogP contribution in [0.15, 0.2) is 17.1 Å². The first-order valence-corrected chi connectivity index (χ1v) is 5.75. The molecule has 1 fully saturated rings. The highest BCUT2D eigenvalue weighted by molar-refractivity contribution is 7.80. The lowest BCUT2D eigenvalue weighted by Crippen LogP contribution is -2.36. The number of allylic oxidation sites excluding steroid dienone is 1. The molecule has 3 nitrogen and oxygen atoms in total. The molecule has 0 unspecified atom stereocenters. The molecule has 2 aliphatic carbocycles. The van der Waals surface area contributed by atoms with Gasteiger partial charge < -0.3 is 10.2 Å². The van der Waals surface area contributed by atoms with Crippen molar-refractivity contribution < 1.29 is 0 Å². The van der Waals surface area contributed by atoms with Crippen LogP contribution in [0.1, 0.15) is 12.8 Å². The van der Waals surface area contributed by atoms with E-state index in [0.717, 1.165) is 5.92 Å². The molecule has 0 aliphatic heterocycles. The van der Waals surface area contributed by atoms with E-state index in [1.54, 1.807) is 6.34 Å². The van der Waals surface area contributed by atoms with Crippen LogP contribution in [0, 0.1) is 11.8 Å². The smallest absolute Gasteiger partial charge is 0.194 e. The van der Waals surface area contributed by atoms with E-state index >= 15 is 0 Å². The van der Waals surface area contributed by atoms with Crippen molar-refractivity contribution in [1.82, 2.24) is 10.2 Å². The molecule has 1 saturated carbocycles. The molecular weight excluding hydrogens is 206 g/mol. The van der Waals surface area contributed by atoms with Crippen LogP contribution in [0.3, 0.4) is 0 Å². The molecule has 0 radical (unpaired) electrons. The zero-order chi connectivity index (χ0) is 10.8. The van der Waals surface area contributed by atoms with E-state index in [9.17, 15) is 0 Å². The number of nitrogens with zero attached hydrogens (tertiary/aromatic N) is 2. The van der Waals surface area contributed by atoms with Crippen LogP contribution in [0.5, 0.6) is 0 Å². The van der Waals surface area contributed by atoms with Crippen molar-refractivity contribution in [2.75, 3.05) is 14.1 Å². The van der Waals surface area contributed by atoms with Crippen LogP contribution >= 0.6 is 12.2 Å². The molecule has 3 atom stereocenters. The molecule has 2 rings (SSSR count). The summed E-state index contributed by atoms with van der Waals surface area (Å²) in [7, 11) is 3.87. The number of thiocarbonyl (C=S) groups is 1. The fourth-order valence-electron chi connectivity index (χ4n) is 2.31. The van der Waals surface area contributed by atoms with Gasteiger partial charge in [0.1, 0.15) is 0 Å². The zero-order valence-electron chi connectivity index (χ0n) is 9.18. The van der Waals surface area contributed by atoms with E-state index < -0.39 is 0 Å². The molecule has 1 N–H and O–H groups in total. The van der Waals surface area contributed by atoms with Crippen LogP contribution in [-0.2, 0) is 0 Å². The fourth-order valence-corrected chi connectivity index (χ4v) is 2.51. The molecule has 2 bridgehead atoms. The lowest BCUT2D eigenvalue weighted by Gasteiger charge is -2.19. The van der Waals surface area contributed by atoms with E-state index in [1.807, 2.05) is 19.0 Å². The maximum atomic E-state index is 5.16. The van der Waals surface area contributed by atoms with Gasteiger partial charge in [-0.2, -0.15) is 0 Å². The van der Waals surface area contributed by atoms with Crippen LogP contribution in [-0.4, -0.2) is 36.5 Å². The van der Waals surface area contributed by atoms with E-state index in [1.165, 1.54) is 12.8 Å². The Morgan fingerprint density at radius 1 is 1.47 bits per heavy atom. The van der Waals surface area contributed by atoms with Crippen molar-refractivity contribution in [3.63, 3.8) is 0 Å². The molecule has 0 aromatic heterocycles. The van der Waals surface area contributed by atoms with E-state index in [4.69, 9.17) is 12.2 Å². The molecule has 0 aromatic rings. The third kappa shape index (κ3) is 2.56. The molecule has 0 spiro atoms. The normalized spacial score (nSPS) is 32.5. The Bertz CT molecular complexity index is 309. The van der Waals surface area contributed by atoms with Crippen LogP contribution in [0.2, 0.25) is 0 Å². The first-order chi connectivity index (χ1) is 7.15. The second-order valence-electron chi connectivity index (χ2n) is 4.54. The number of hydrogen-bond donors (Lipinski definition) is 1. The second-order valence-corrected chi connectivity index (χ2v) is 4.93. The number of nitrogens with one attached hydrogen (secondary N) is 1.